The summed E-state index contributed by atoms with van der Waals surface area (Å²) in [5.41, 5.74) is 0.498. The number of benzene rings is 1. The lowest BCUT2D eigenvalue weighted by atomic mass is 10.0. The van der Waals surface area contributed by atoms with E-state index in [2.05, 4.69) is 9.97 Å². The number of nitrogens with zero attached hydrogens (tertiary/aromatic N) is 4. The van der Waals surface area contributed by atoms with Gasteiger partial charge in [0.15, 0.2) is 0 Å². The Morgan fingerprint density at radius 1 is 1.23 bits per heavy atom. The van der Waals surface area contributed by atoms with Crippen LogP contribution in [0.15, 0.2) is 30.5 Å². The van der Waals surface area contributed by atoms with Crippen molar-refractivity contribution in [3.8, 4) is 5.88 Å². The molecule has 1 atom stereocenters. The fraction of sp³-hybridized carbons (Fsp3) is 0.353. The van der Waals surface area contributed by atoms with Crippen LogP contribution < -0.4 is 9.64 Å². The van der Waals surface area contributed by atoms with E-state index in [1.165, 1.54) is 0 Å². The summed E-state index contributed by atoms with van der Waals surface area (Å²) in [7, 11) is 1.55. The number of aromatic nitrogens is 2. The van der Waals surface area contributed by atoms with Crippen LogP contribution in [0.1, 0.15) is 11.6 Å². The highest BCUT2D eigenvalue weighted by molar-refractivity contribution is 6.42. The van der Waals surface area contributed by atoms with Gasteiger partial charge in [0.2, 0.25) is 11.8 Å². The standard InChI is InChI=1S/C17H18Cl2N4O3/c1-26-13-5-6-20-17(21-13)23-9-7-22(8-10-23)15(16(24)25)11-3-2-4-12(18)14(11)19/h2-6,15H,7-10H2,1H3,(H,24,25). The molecule has 1 aromatic carbocycles. The van der Waals surface area contributed by atoms with E-state index in [0.29, 0.717) is 48.6 Å². The molecule has 2 aromatic rings. The SMILES string of the molecule is COc1ccnc(N2CCN(C(C(=O)O)c3cccc(Cl)c3Cl)CC2)n1. The first kappa shape index (κ1) is 18.7. The first-order valence-electron chi connectivity index (χ1n) is 8.04. The predicted octanol–water partition coefficient (Wildman–Crippen LogP) is 2.74. The molecule has 1 unspecified atom stereocenters. The molecule has 9 heteroatoms. The lowest BCUT2D eigenvalue weighted by Gasteiger charge is -2.38. The number of hydrogen-bond donors (Lipinski definition) is 1. The minimum atomic E-state index is -0.958. The molecule has 0 radical (unpaired) electrons. The molecule has 2 heterocycles. The van der Waals surface area contributed by atoms with E-state index < -0.39 is 12.0 Å². The molecule has 0 saturated carbocycles. The number of methoxy groups -OCH3 is 1. The predicted molar refractivity (Wildman–Crippen MR) is 99.2 cm³/mol. The Bertz CT molecular complexity index is 797. The van der Waals surface area contributed by atoms with Crippen molar-refractivity contribution in [3.05, 3.63) is 46.1 Å². The van der Waals surface area contributed by atoms with E-state index in [1.807, 2.05) is 9.80 Å². The van der Waals surface area contributed by atoms with Gasteiger partial charge in [-0.3, -0.25) is 9.69 Å². The summed E-state index contributed by atoms with van der Waals surface area (Å²) in [6.07, 6.45) is 1.64. The van der Waals surface area contributed by atoms with Crippen molar-refractivity contribution in [3.63, 3.8) is 0 Å². The average Bonchev–Trinajstić information content (AvgIpc) is 2.66. The maximum Gasteiger partial charge on any atom is 0.325 e. The summed E-state index contributed by atoms with van der Waals surface area (Å²) in [4.78, 5) is 24.4. The molecule has 0 bridgehead atoms. The van der Waals surface area contributed by atoms with Crippen LogP contribution in [0.25, 0.3) is 0 Å². The molecule has 0 amide bonds. The third-order valence-corrected chi connectivity index (χ3v) is 5.13. The first-order valence-corrected chi connectivity index (χ1v) is 8.79. The Hall–Kier alpha value is -2.09. The summed E-state index contributed by atoms with van der Waals surface area (Å²) in [5.74, 6) is 0.100. The van der Waals surface area contributed by atoms with Gasteiger partial charge in [-0.1, -0.05) is 35.3 Å². The summed E-state index contributed by atoms with van der Waals surface area (Å²) in [5, 5.41) is 10.4. The van der Waals surface area contributed by atoms with E-state index >= 15 is 0 Å². The number of anilines is 1. The minimum absolute atomic E-state index is 0.278. The second kappa shape index (κ2) is 8.07. The summed E-state index contributed by atoms with van der Waals surface area (Å²) < 4.78 is 5.13. The topological polar surface area (TPSA) is 78.8 Å². The molecule has 26 heavy (non-hydrogen) atoms. The molecule has 1 fully saturated rings. The largest absolute Gasteiger partial charge is 0.481 e. The highest BCUT2D eigenvalue weighted by Gasteiger charge is 2.32. The number of piperazine rings is 1. The van der Waals surface area contributed by atoms with Gasteiger partial charge >= 0.3 is 5.97 Å². The van der Waals surface area contributed by atoms with Crippen molar-refractivity contribution in [2.45, 2.75) is 6.04 Å². The van der Waals surface area contributed by atoms with Gasteiger partial charge in [0.05, 0.1) is 17.2 Å². The van der Waals surface area contributed by atoms with Crippen LogP contribution >= 0.6 is 23.2 Å². The molecule has 138 valence electrons. The van der Waals surface area contributed by atoms with E-state index in [9.17, 15) is 9.90 Å². The fourth-order valence-electron chi connectivity index (χ4n) is 3.00. The lowest BCUT2D eigenvalue weighted by Crippen LogP contribution is -2.49. The molecule has 0 aliphatic carbocycles. The van der Waals surface area contributed by atoms with Crippen LogP contribution in [0, 0.1) is 0 Å². The zero-order chi connectivity index (χ0) is 18.7. The Labute approximate surface area is 161 Å². The molecule has 3 rings (SSSR count). The number of rotatable bonds is 5. The Morgan fingerprint density at radius 2 is 1.96 bits per heavy atom. The zero-order valence-electron chi connectivity index (χ0n) is 14.1. The van der Waals surface area contributed by atoms with Crippen molar-refractivity contribution < 1.29 is 14.6 Å². The first-order chi connectivity index (χ1) is 12.5. The van der Waals surface area contributed by atoms with Gasteiger partial charge in [0.25, 0.3) is 0 Å². The van der Waals surface area contributed by atoms with Crippen molar-refractivity contribution in [1.82, 2.24) is 14.9 Å². The number of carboxylic acid groups (broad SMARTS) is 1. The van der Waals surface area contributed by atoms with E-state index in [-0.39, 0.29) is 5.02 Å². The Kier molecular flexibility index (Phi) is 5.80. The molecular formula is C17H18Cl2N4O3. The third-order valence-electron chi connectivity index (χ3n) is 4.30. The monoisotopic (exact) mass is 396 g/mol. The van der Waals surface area contributed by atoms with Crippen LogP contribution in [-0.4, -0.2) is 59.2 Å². The van der Waals surface area contributed by atoms with Gasteiger partial charge in [0, 0.05) is 44.0 Å². The van der Waals surface area contributed by atoms with Gasteiger partial charge in [-0.25, -0.2) is 4.98 Å². The second-order valence-electron chi connectivity index (χ2n) is 5.81. The maximum absolute atomic E-state index is 11.9. The van der Waals surface area contributed by atoms with Crippen molar-refractivity contribution >= 4 is 35.1 Å². The highest BCUT2D eigenvalue weighted by Crippen LogP contribution is 2.33. The van der Waals surface area contributed by atoms with Crippen molar-refractivity contribution in [1.29, 1.82) is 0 Å². The second-order valence-corrected chi connectivity index (χ2v) is 6.59. The van der Waals surface area contributed by atoms with Crippen molar-refractivity contribution in [2.75, 3.05) is 38.2 Å². The molecule has 1 aliphatic heterocycles. The quantitative estimate of drug-likeness (QED) is 0.831. The normalized spacial score (nSPS) is 16.3. The van der Waals surface area contributed by atoms with Crippen LogP contribution in [-0.2, 0) is 4.79 Å². The third kappa shape index (κ3) is 3.85. The van der Waals surface area contributed by atoms with Crippen LogP contribution in [0.4, 0.5) is 5.95 Å². The van der Waals surface area contributed by atoms with E-state index in [0.717, 1.165) is 0 Å². The molecule has 7 nitrogen and oxygen atoms in total. The Morgan fingerprint density at radius 3 is 2.62 bits per heavy atom. The van der Waals surface area contributed by atoms with Crippen molar-refractivity contribution in [2.24, 2.45) is 0 Å². The van der Waals surface area contributed by atoms with Gasteiger partial charge in [-0.2, -0.15) is 4.98 Å². The van der Waals surface area contributed by atoms with Gasteiger partial charge < -0.3 is 14.7 Å². The highest BCUT2D eigenvalue weighted by atomic mass is 35.5. The Balaban J connectivity index is 1.76. The number of aliphatic carboxylic acids is 1. The molecule has 1 aliphatic rings. The minimum Gasteiger partial charge on any atom is -0.481 e. The van der Waals surface area contributed by atoms with E-state index in [1.54, 1.807) is 37.6 Å². The molecular weight excluding hydrogens is 379 g/mol. The number of hydrogen-bond acceptors (Lipinski definition) is 6. The summed E-state index contributed by atoms with van der Waals surface area (Å²) in [6, 6.07) is 5.88. The zero-order valence-corrected chi connectivity index (χ0v) is 15.6. The number of halogens is 2. The van der Waals surface area contributed by atoms with Gasteiger partial charge in [-0.15, -0.1) is 0 Å². The number of ether oxygens (including phenoxy) is 1. The van der Waals surface area contributed by atoms with Crippen LogP contribution in [0.2, 0.25) is 10.0 Å². The van der Waals surface area contributed by atoms with Crippen LogP contribution in [0.5, 0.6) is 5.88 Å². The smallest absolute Gasteiger partial charge is 0.325 e. The molecule has 1 aromatic heterocycles. The maximum atomic E-state index is 11.9. The van der Waals surface area contributed by atoms with Gasteiger partial charge in [-0.05, 0) is 6.07 Å². The molecule has 0 spiro atoms. The van der Waals surface area contributed by atoms with Gasteiger partial charge in [0.1, 0.15) is 6.04 Å². The number of carboxylic acids is 1. The van der Waals surface area contributed by atoms with E-state index in [4.69, 9.17) is 27.9 Å². The summed E-state index contributed by atoms with van der Waals surface area (Å²) in [6.45, 7) is 2.24. The fourth-order valence-corrected chi connectivity index (χ4v) is 3.41. The molecule has 1 saturated heterocycles. The number of carbonyl (C=O) groups is 1. The molecule has 1 N–H and O–H groups in total. The summed E-state index contributed by atoms with van der Waals surface area (Å²) >= 11 is 12.3. The lowest BCUT2D eigenvalue weighted by molar-refractivity contribution is -0.143. The average molecular weight is 397 g/mol. The van der Waals surface area contributed by atoms with Crippen LogP contribution in [0.3, 0.4) is 0 Å².